The lowest BCUT2D eigenvalue weighted by atomic mass is 10.2. The smallest absolute Gasteiger partial charge is 0.221 e. The van der Waals surface area contributed by atoms with Crippen LogP contribution in [-0.2, 0) is 4.79 Å². The molecule has 1 heterocycles. The van der Waals surface area contributed by atoms with Crippen molar-refractivity contribution in [2.75, 3.05) is 18.4 Å². The van der Waals surface area contributed by atoms with Gasteiger partial charge in [-0.3, -0.25) is 4.79 Å². The molecule has 1 aromatic heterocycles. The Balaban J connectivity index is 2.19. The summed E-state index contributed by atoms with van der Waals surface area (Å²) < 4.78 is 0. The summed E-state index contributed by atoms with van der Waals surface area (Å²) in [4.78, 5) is 11.4. The molecule has 0 aliphatic rings. The predicted molar refractivity (Wildman–Crippen MR) is 68.0 cm³/mol. The first kappa shape index (κ1) is 13.7. The summed E-state index contributed by atoms with van der Waals surface area (Å²) in [6.07, 6.45) is 0.414. The average molecular weight is 257 g/mol. The second-order valence-electron chi connectivity index (χ2n) is 4.12. The van der Waals surface area contributed by atoms with Gasteiger partial charge in [-0.2, -0.15) is 0 Å². The van der Waals surface area contributed by atoms with Gasteiger partial charge in [0.2, 0.25) is 5.91 Å². The van der Waals surface area contributed by atoms with Crippen LogP contribution in [0.5, 0.6) is 0 Å². The van der Waals surface area contributed by atoms with E-state index >= 15 is 0 Å². The standard InChI is InChI=1S/C11H17ClN4O/c1-8(2)7-14-11(17)5-6-13-10-4-3-9(12)15-16-10/h3-4,8H,5-7H2,1-2H3,(H,13,16)(H,14,17). The summed E-state index contributed by atoms with van der Waals surface area (Å²) in [5, 5.41) is 13.7. The van der Waals surface area contributed by atoms with Crippen LogP contribution in [0.4, 0.5) is 5.82 Å². The number of anilines is 1. The van der Waals surface area contributed by atoms with E-state index in [4.69, 9.17) is 11.6 Å². The molecular weight excluding hydrogens is 240 g/mol. The predicted octanol–water partition coefficient (Wildman–Crippen LogP) is 1.70. The molecule has 0 aromatic carbocycles. The van der Waals surface area contributed by atoms with Crippen molar-refractivity contribution in [3.8, 4) is 0 Å². The molecule has 94 valence electrons. The van der Waals surface area contributed by atoms with Crippen LogP contribution in [0, 0.1) is 5.92 Å². The third kappa shape index (κ3) is 6.06. The summed E-state index contributed by atoms with van der Waals surface area (Å²) in [5.41, 5.74) is 0. The molecule has 0 bridgehead atoms. The van der Waals surface area contributed by atoms with Crippen LogP contribution >= 0.6 is 11.6 Å². The Hall–Kier alpha value is -1.36. The third-order valence-corrected chi connectivity index (χ3v) is 2.20. The summed E-state index contributed by atoms with van der Waals surface area (Å²) in [6.45, 7) is 5.35. The summed E-state index contributed by atoms with van der Waals surface area (Å²) in [5.74, 6) is 1.12. The van der Waals surface area contributed by atoms with Crippen LogP contribution in [0.15, 0.2) is 12.1 Å². The zero-order valence-electron chi connectivity index (χ0n) is 10.0. The fourth-order valence-corrected chi connectivity index (χ4v) is 1.22. The molecular formula is C11H17ClN4O. The first-order valence-corrected chi connectivity index (χ1v) is 5.95. The minimum absolute atomic E-state index is 0.0353. The van der Waals surface area contributed by atoms with E-state index in [0.29, 0.717) is 36.4 Å². The molecule has 1 amide bonds. The van der Waals surface area contributed by atoms with Crippen molar-refractivity contribution in [3.63, 3.8) is 0 Å². The van der Waals surface area contributed by atoms with E-state index in [9.17, 15) is 4.79 Å². The third-order valence-electron chi connectivity index (χ3n) is 2.00. The number of carbonyl (C=O) groups excluding carboxylic acids is 1. The van der Waals surface area contributed by atoms with Crippen LogP contribution in [-0.4, -0.2) is 29.2 Å². The fraction of sp³-hybridized carbons (Fsp3) is 0.545. The van der Waals surface area contributed by atoms with Crippen LogP contribution in [0.1, 0.15) is 20.3 Å². The van der Waals surface area contributed by atoms with Gasteiger partial charge in [0.05, 0.1) is 0 Å². The minimum Gasteiger partial charge on any atom is -0.368 e. The Morgan fingerprint density at radius 2 is 2.18 bits per heavy atom. The normalized spacial score (nSPS) is 10.4. The Labute approximate surface area is 106 Å². The number of aromatic nitrogens is 2. The zero-order chi connectivity index (χ0) is 12.7. The van der Waals surface area contributed by atoms with Crippen molar-refractivity contribution >= 4 is 23.3 Å². The molecule has 1 aromatic rings. The molecule has 0 unspecified atom stereocenters. The highest BCUT2D eigenvalue weighted by Gasteiger charge is 2.02. The maximum absolute atomic E-state index is 11.4. The van der Waals surface area contributed by atoms with Crippen LogP contribution < -0.4 is 10.6 Å². The largest absolute Gasteiger partial charge is 0.368 e. The Morgan fingerprint density at radius 1 is 1.41 bits per heavy atom. The maximum atomic E-state index is 11.4. The number of hydrogen-bond acceptors (Lipinski definition) is 4. The molecule has 0 saturated heterocycles. The zero-order valence-corrected chi connectivity index (χ0v) is 10.8. The lowest BCUT2D eigenvalue weighted by molar-refractivity contribution is -0.120. The van der Waals surface area contributed by atoms with Gasteiger partial charge in [-0.15, -0.1) is 10.2 Å². The van der Waals surface area contributed by atoms with E-state index in [2.05, 4.69) is 34.7 Å². The lowest BCUT2D eigenvalue weighted by Gasteiger charge is -2.08. The molecule has 5 nitrogen and oxygen atoms in total. The van der Waals surface area contributed by atoms with Crippen LogP contribution in [0.2, 0.25) is 5.15 Å². The van der Waals surface area contributed by atoms with Gasteiger partial charge in [0.15, 0.2) is 5.15 Å². The SMILES string of the molecule is CC(C)CNC(=O)CCNc1ccc(Cl)nn1. The first-order chi connectivity index (χ1) is 8.08. The topological polar surface area (TPSA) is 66.9 Å². The lowest BCUT2D eigenvalue weighted by Crippen LogP contribution is -2.28. The average Bonchev–Trinajstić information content (AvgIpc) is 2.29. The number of hydrogen-bond donors (Lipinski definition) is 2. The van der Waals surface area contributed by atoms with Gasteiger partial charge in [0.1, 0.15) is 5.82 Å². The Kier molecular flexibility index (Phi) is 5.69. The molecule has 0 spiro atoms. The van der Waals surface area contributed by atoms with Crippen LogP contribution in [0.25, 0.3) is 0 Å². The van der Waals surface area contributed by atoms with Gasteiger partial charge in [0, 0.05) is 19.5 Å². The second kappa shape index (κ2) is 7.06. The van der Waals surface area contributed by atoms with Crippen molar-refractivity contribution in [1.82, 2.24) is 15.5 Å². The number of carbonyl (C=O) groups is 1. The van der Waals surface area contributed by atoms with E-state index in [0.717, 1.165) is 0 Å². The molecule has 0 radical (unpaired) electrons. The number of amides is 1. The van der Waals surface area contributed by atoms with Crippen molar-refractivity contribution in [3.05, 3.63) is 17.3 Å². The van der Waals surface area contributed by atoms with Crippen molar-refractivity contribution in [2.24, 2.45) is 5.92 Å². The number of nitrogens with one attached hydrogen (secondary N) is 2. The highest BCUT2D eigenvalue weighted by Crippen LogP contribution is 2.05. The van der Waals surface area contributed by atoms with E-state index in [-0.39, 0.29) is 5.91 Å². The molecule has 2 N–H and O–H groups in total. The van der Waals surface area contributed by atoms with Gasteiger partial charge in [-0.25, -0.2) is 0 Å². The molecule has 0 aliphatic carbocycles. The molecule has 0 saturated carbocycles. The highest BCUT2D eigenvalue weighted by molar-refractivity contribution is 6.29. The van der Waals surface area contributed by atoms with Crippen molar-refractivity contribution in [2.45, 2.75) is 20.3 Å². The van der Waals surface area contributed by atoms with Gasteiger partial charge < -0.3 is 10.6 Å². The molecule has 0 aliphatic heterocycles. The quantitative estimate of drug-likeness (QED) is 0.813. The fourth-order valence-electron chi connectivity index (χ4n) is 1.12. The summed E-state index contributed by atoms with van der Waals surface area (Å²) >= 11 is 5.60. The van der Waals surface area contributed by atoms with E-state index in [1.807, 2.05) is 0 Å². The highest BCUT2D eigenvalue weighted by atomic mass is 35.5. The van der Waals surface area contributed by atoms with Gasteiger partial charge >= 0.3 is 0 Å². The summed E-state index contributed by atoms with van der Waals surface area (Å²) in [7, 11) is 0. The van der Waals surface area contributed by atoms with E-state index in [1.165, 1.54) is 0 Å². The number of halogens is 1. The first-order valence-electron chi connectivity index (χ1n) is 5.57. The molecule has 6 heteroatoms. The van der Waals surface area contributed by atoms with E-state index < -0.39 is 0 Å². The minimum atomic E-state index is 0.0353. The summed E-state index contributed by atoms with van der Waals surface area (Å²) in [6, 6.07) is 3.37. The van der Waals surface area contributed by atoms with Gasteiger partial charge in [-0.1, -0.05) is 25.4 Å². The monoisotopic (exact) mass is 256 g/mol. The maximum Gasteiger partial charge on any atom is 0.221 e. The molecule has 0 fully saturated rings. The molecule has 1 rings (SSSR count). The van der Waals surface area contributed by atoms with Crippen molar-refractivity contribution < 1.29 is 4.79 Å². The molecule has 17 heavy (non-hydrogen) atoms. The van der Waals surface area contributed by atoms with Crippen molar-refractivity contribution in [1.29, 1.82) is 0 Å². The Bertz CT molecular complexity index is 353. The van der Waals surface area contributed by atoms with Crippen LogP contribution in [0.3, 0.4) is 0 Å². The Morgan fingerprint density at radius 3 is 2.76 bits per heavy atom. The number of nitrogens with zero attached hydrogens (tertiary/aromatic N) is 2. The van der Waals surface area contributed by atoms with Gasteiger partial charge in [-0.05, 0) is 18.1 Å². The number of rotatable bonds is 6. The van der Waals surface area contributed by atoms with Gasteiger partial charge in [0.25, 0.3) is 0 Å². The van der Waals surface area contributed by atoms with E-state index in [1.54, 1.807) is 12.1 Å². The molecule has 0 atom stereocenters. The second-order valence-corrected chi connectivity index (χ2v) is 4.50.